The SMILES string of the molecule is CC(C)c1ccc(NC(=O)CSc2nnnn2CC2CCCO2)cc1. The van der Waals surface area contributed by atoms with Crippen molar-refractivity contribution in [2.75, 3.05) is 17.7 Å². The van der Waals surface area contributed by atoms with Gasteiger partial charge in [0.1, 0.15) is 0 Å². The van der Waals surface area contributed by atoms with E-state index >= 15 is 0 Å². The van der Waals surface area contributed by atoms with Crippen molar-refractivity contribution in [3.05, 3.63) is 29.8 Å². The van der Waals surface area contributed by atoms with E-state index in [9.17, 15) is 4.79 Å². The van der Waals surface area contributed by atoms with E-state index in [0.29, 0.717) is 17.6 Å². The van der Waals surface area contributed by atoms with Gasteiger partial charge in [-0.15, -0.1) is 5.10 Å². The molecule has 0 radical (unpaired) electrons. The van der Waals surface area contributed by atoms with Crippen molar-refractivity contribution in [1.82, 2.24) is 20.2 Å². The molecule has 1 aromatic carbocycles. The molecule has 134 valence electrons. The third-order valence-electron chi connectivity index (χ3n) is 4.09. The maximum Gasteiger partial charge on any atom is 0.234 e. The summed E-state index contributed by atoms with van der Waals surface area (Å²) < 4.78 is 7.32. The third-order valence-corrected chi connectivity index (χ3v) is 5.05. The molecule has 1 aliphatic rings. The number of nitrogens with zero attached hydrogens (tertiary/aromatic N) is 4. The predicted molar refractivity (Wildman–Crippen MR) is 96.7 cm³/mol. The number of anilines is 1. The Labute approximate surface area is 151 Å². The molecule has 1 atom stereocenters. The van der Waals surface area contributed by atoms with Crippen LogP contribution in [-0.2, 0) is 16.1 Å². The number of benzene rings is 1. The summed E-state index contributed by atoms with van der Waals surface area (Å²) in [5.41, 5.74) is 2.05. The summed E-state index contributed by atoms with van der Waals surface area (Å²) >= 11 is 1.33. The largest absolute Gasteiger partial charge is 0.376 e. The van der Waals surface area contributed by atoms with Crippen LogP contribution in [0.4, 0.5) is 5.69 Å². The normalized spacial score (nSPS) is 17.2. The molecule has 7 nitrogen and oxygen atoms in total. The van der Waals surface area contributed by atoms with E-state index in [1.807, 2.05) is 24.3 Å². The fraction of sp³-hybridized carbons (Fsp3) is 0.529. The Bertz CT molecular complexity index is 695. The zero-order valence-corrected chi connectivity index (χ0v) is 15.3. The number of hydrogen-bond donors (Lipinski definition) is 1. The number of thioether (sulfide) groups is 1. The van der Waals surface area contributed by atoms with Crippen molar-refractivity contribution in [3.8, 4) is 0 Å². The van der Waals surface area contributed by atoms with Gasteiger partial charge in [-0.25, -0.2) is 4.68 Å². The highest BCUT2D eigenvalue weighted by molar-refractivity contribution is 7.99. The lowest BCUT2D eigenvalue weighted by Gasteiger charge is -2.10. The zero-order chi connectivity index (χ0) is 17.6. The molecule has 1 saturated heterocycles. The molecule has 3 rings (SSSR count). The molecular formula is C17H23N5O2S. The minimum Gasteiger partial charge on any atom is -0.376 e. The number of amides is 1. The summed E-state index contributed by atoms with van der Waals surface area (Å²) in [5.74, 6) is 0.662. The minimum absolute atomic E-state index is 0.0750. The number of aromatic nitrogens is 4. The van der Waals surface area contributed by atoms with Crippen LogP contribution in [0.15, 0.2) is 29.4 Å². The monoisotopic (exact) mass is 361 g/mol. The van der Waals surface area contributed by atoms with E-state index in [2.05, 4.69) is 34.7 Å². The van der Waals surface area contributed by atoms with Crippen LogP contribution in [0, 0.1) is 0 Å². The van der Waals surface area contributed by atoms with E-state index in [4.69, 9.17) is 4.74 Å². The second-order valence-electron chi connectivity index (χ2n) is 6.39. The van der Waals surface area contributed by atoms with Gasteiger partial charge in [-0.05, 0) is 46.9 Å². The molecule has 0 aliphatic carbocycles. The third kappa shape index (κ3) is 5.02. The van der Waals surface area contributed by atoms with Gasteiger partial charge >= 0.3 is 0 Å². The minimum atomic E-state index is -0.0750. The van der Waals surface area contributed by atoms with Gasteiger partial charge in [-0.2, -0.15) is 0 Å². The summed E-state index contributed by atoms with van der Waals surface area (Å²) in [4.78, 5) is 12.1. The van der Waals surface area contributed by atoms with E-state index in [1.165, 1.54) is 17.3 Å². The molecule has 2 heterocycles. The first-order valence-electron chi connectivity index (χ1n) is 8.52. The quantitative estimate of drug-likeness (QED) is 0.764. The standard InChI is InChI=1S/C17H23N5O2S/c1-12(2)13-5-7-14(8-6-13)18-16(23)11-25-17-19-20-21-22(17)10-15-4-3-9-24-15/h5-8,12,15H,3-4,9-11H2,1-2H3,(H,18,23). The number of hydrogen-bond acceptors (Lipinski definition) is 6. The second-order valence-corrected chi connectivity index (χ2v) is 7.33. The first-order valence-corrected chi connectivity index (χ1v) is 9.51. The van der Waals surface area contributed by atoms with Crippen LogP contribution in [0.1, 0.15) is 38.2 Å². The predicted octanol–water partition coefficient (Wildman–Crippen LogP) is 2.71. The van der Waals surface area contributed by atoms with Gasteiger partial charge in [0.2, 0.25) is 11.1 Å². The summed E-state index contributed by atoms with van der Waals surface area (Å²) in [6.45, 7) is 5.72. The number of rotatable bonds is 7. The van der Waals surface area contributed by atoms with Crippen LogP contribution in [0.5, 0.6) is 0 Å². The van der Waals surface area contributed by atoms with Gasteiger partial charge in [-0.3, -0.25) is 4.79 Å². The zero-order valence-electron chi connectivity index (χ0n) is 14.5. The van der Waals surface area contributed by atoms with Crippen LogP contribution < -0.4 is 5.32 Å². The van der Waals surface area contributed by atoms with Gasteiger partial charge in [-0.1, -0.05) is 37.7 Å². The fourth-order valence-electron chi connectivity index (χ4n) is 2.67. The van der Waals surface area contributed by atoms with Gasteiger partial charge in [0.05, 0.1) is 18.4 Å². The molecule has 1 unspecified atom stereocenters. The average molecular weight is 361 g/mol. The van der Waals surface area contributed by atoms with Gasteiger partial charge < -0.3 is 10.1 Å². The highest BCUT2D eigenvalue weighted by Gasteiger charge is 2.19. The Balaban J connectivity index is 1.49. The molecule has 25 heavy (non-hydrogen) atoms. The van der Waals surface area contributed by atoms with Crippen molar-refractivity contribution >= 4 is 23.4 Å². The maximum atomic E-state index is 12.1. The topological polar surface area (TPSA) is 81.9 Å². The lowest BCUT2D eigenvalue weighted by Crippen LogP contribution is -2.18. The molecule has 0 spiro atoms. The Morgan fingerprint density at radius 3 is 2.88 bits per heavy atom. The Morgan fingerprint density at radius 2 is 2.20 bits per heavy atom. The van der Waals surface area contributed by atoms with Crippen LogP contribution in [0.2, 0.25) is 0 Å². The first-order chi connectivity index (χ1) is 12.1. The van der Waals surface area contributed by atoms with Gasteiger partial charge in [0.15, 0.2) is 0 Å². The number of ether oxygens (including phenoxy) is 1. The van der Waals surface area contributed by atoms with Crippen molar-refractivity contribution in [1.29, 1.82) is 0 Å². The first kappa shape index (κ1) is 17.9. The van der Waals surface area contributed by atoms with Gasteiger partial charge in [0, 0.05) is 12.3 Å². The maximum absolute atomic E-state index is 12.1. The van der Waals surface area contributed by atoms with Crippen LogP contribution >= 0.6 is 11.8 Å². The summed E-state index contributed by atoms with van der Waals surface area (Å²) in [7, 11) is 0. The summed E-state index contributed by atoms with van der Waals surface area (Å²) in [5, 5.41) is 15.2. The smallest absolute Gasteiger partial charge is 0.234 e. The lowest BCUT2D eigenvalue weighted by molar-refractivity contribution is -0.113. The Hall–Kier alpha value is -1.93. The van der Waals surface area contributed by atoms with E-state index < -0.39 is 0 Å². The molecule has 8 heteroatoms. The number of carbonyl (C=O) groups is 1. The fourth-order valence-corrected chi connectivity index (χ4v) is 3.36. The number of tetrazole rings is 1. The number of carbonyl (C=O) groups excluding carboxylic acids is 1. The molecular weight excluding hydrogens is 338 g/mol. The van der Waals surface area contributed by atoms with Crippen LogP contribution in [0.3, 0.4) is 0 Å². The molecule has 0 bridgehead atoms. The van der Waals surface area contributed by atoms with Gasteiger partial charge in [0.25, 0.3) is 0 Å². The molecule has 0 saturated carbocycles. The van der Waals surface area contributed by atoms with E-state index in [-0.39, 0.29) is 17.8 Å². The molecule has 2 aromatic rings. The average Bonchev–Trinajstić information content (AvgIpc) is 3.26. The van der Waals surface area contributed by atoms with Crippen LogP contribution in [-0.4, -0.2) is 44.6 Å². The Kier molecular flexibility index (Phi) is 6.04. The molecule has 1 aromatic heterocycles. The molecule has 1 fully saturated rings. The van der Waals surface area contributed by atoms with E-state index in [0.717, 1.165) is 25.1 Å². The summed E-state index contributed by atoms with van der Waals surface area (Å²) in [6.07, 6.45) is 2.26. The van der Waals surface area contributed by atoms with Crippen LogP contribution in [0.25, 0.3) is 0 Å². The number of nitrogens with one attached hydrogen (secondary N) is 1. The summed E-state index contributed by atoms with van der Waals surface area (Å²) in [6, 6.07) is 7.93. The van der Waals surface area contributed by atoms with Crippen molar-refractivity contribution < 1.29 is 9.53 Å². The molecule has 1 amide bonds. The van der Waals surface area contributed by atoms with Crippen molar-refractivity contribution in [2.45, 2.75) is 50.4 Å². The van der Waals surface area contributed by atoms with Crippen molar-refractivity contribution in [2.24, 2.45) is 0 Å². The highest BCUT2D eigenvalue weighted by atomic mass is 32.2. The second kappa shape index (κ2) is 8.44. The Morgan fingerprint density at radius 1 is 1.40 bits per heavy atom. The lowest BCUT2D eigenvalue weighted by atomic mass is 10.0. The molecule has 1 aliphatic heterocycles. The van der Waals surface area contributed by atoms with Crippen molar-refractivity contribution in [3.63, 3.8) is 0 Å². The van der Waals surface area contributed by atoms with E-state index in [1.54, 1.807) is 4.68 Å². The highest BCUT2D eigenvalue weighted by Crippen LogP contribution is 2.20. The molecule has 1 N–H and O–H groups in total.